The molecule has 1 heterocycles. The summed E-state index contributed by atoms with van der Waals surface area (Å²) in [4.78, 5) is 2.43. The smallest absolute Gasteiger partial charge is 0.161 e. The number of β-amino-alcohol motifs (C(OH)–C–C–N with tert-alkyl or cyclic N) is 1. The van der Waals surface area contributed by atoms with E-state index in [0.717, 1.165) is 12.8 Å². The molecule has 0 saturated carbocycles. The van der Waals surface area contributed by atoms with E-state index in [2.05, 4.69) is 32.6 Å². The number of piperidine rings is 1. The zero-order valence-corrected chi connectivity index (χ0v) is 15.1. The monoisotopic (exact) mass is 321 g/mol. The quantitative estimate of drug-likeness (QED) is 0.871. The largest absolute Gasteiger partial charge is 0.493 e. The van der Waals surface area contributed by atoms with E-state index in [4.69, 9.17) is 9.47 Å². The maximum atomic E-state index is 10.5. The average molecular weight is 321 g/mol. The number of aliphatic hydroxyl groups is 1. The number of nitrogens with zero attached hydrogens (tertiary/aromatic N) is 1. The normalized spacial score (nSPS) is 21.7. The number of ether oxygens (including phenoxy) is 2. The van der Waals surface area contributed by atoms with Crippen molar-refractivity contribution in [1.29, 1.82) is 0 Å². The van der Waals surface area contributed by atoms with Gasteiger partial charge in [0.15, 0.2) is 11.5 Å². The highest BCUT2D eigenvalue weighted by molar-refractivity contribution is 5.39. The van der Waals surface area contributed by atoms with Crippen molar-refractivity contribution < 1.29 is 14.6 Å². The van der Waals surface area contributed by atoms with E-state index in [-0.39, 0.29) is 17.7 Å². The second-order valence-electron chi connectivity index (χ2n) is 7.70. The summed E-state index contributed by atoms with van der Waals surface area (Å²) in [6.07, 6.45) is 3.04. The summed E-state index contributed by atoms with van der Waals surface area (Å²) in [5, 5.41) is 10.5. The summed E-state index contributed by atoms with van der Waals surface area (Å²) < 4.78 is 11.0. The second kappa shape index (κ2) is 7.10. The summed E-state index contributed by atoms with van der Waals surface area (Å²) in [7, 11) is 1.62. The minimum atomic E-state index is -0.531. The van der Waals surface area contributed by atoms with E-state index in [1.807, 2.05) is 24.3 Å². The maximum Gasteiger partial charge on any atom is 0.161 e. The average Bonchev–Trinajstić information content (AvgIpc) is 2.49. The lowest BCUT2D eigenvalue weighted by Crippen LogP contribution is -2.60. The third kappa shape index (κ3) is 4.39. The van der Waals surface area contributed by atoms with Crippen molar-refractivity contribution in [1.82, 2.24) is 4.90 Å². The van der Waals surface area contributed by atoms with Crippen LogP contribution in [0.4, 0.5) is 0 Å². The molecule has 0 spiro atoms. The molecule has 1 unspecified atom stereocenters. The lowest BCUT2D eigenvalue weighted by atomic mass is 9.79. The molecule has 1 aromatic carbocycles. The van der Waals surface area contributed by atoms with Crippen LogP contribution >= 0.6 is 0 Å². The van der Waals surface area contributed by atoms with Gasteiger partial charge < -0.3 is 14.6 Å². The molecule has 0 amide bonds. The van der Waals surface area contributed by atoms with Gasteiger partial charge in [0.1, 0.15) is 12.7 Å². The number of para-hydroxylation sites is 2. The third-order valence-corrected chi connectivity index (χ3v) is 4.93. The Balaban J connectivity index is 1.97. The Bertz CT molecular complexity index is 497. The standard InChI is InChI=1S/C19H31NO3/c1-18(2)11-8-12-19(3,4)20(18)13-15(21)14-23-17-10-7-6-9-16(17)22-5/h6-7,9-10,15,21H,8,11-14H2,1-5H3. The minimum absolute atomic E-state index is 0.104. The summed E-state index contributed by atoms with van der Waals surface area (Å²) in [5.41, 5.74) is 0.209. The van der Waals surface area contributed by atoms with Crippen LogP contribution in [0.2, 0.25) is 0 Å². The number of rotatable bonds is 6. The first kappa shape index (κ1) is 18.1. The van der Waals surface area contributed by atoms with E-state index in [1.54, 1.807) is 7.11 Å². The molecule has 1 aliphatic heterocycles. The van der Waals surface area contributed by atoms with Crippen LogP contribution in [0.3, 0.4) is 0 Å². The second-order valence-corrected chi connectivity index (χ2v) is 7.70. The number of aliphatic hydroxyl groups excluding tert-OH is 1. The SMILES string of the molecule is COc1ccccc1OCC(O)CN1C(C)(C)CCCC1(C)C. The fraction of sp³-hybridized carbons (Fsp3) is 0.684. The minimum Gasteiger partial charge on any atom is -0.493 e. The lowest BCUT2D eigenvalue weighted by Gasteiger charge is -2.53. The Morgan fingerprint density at radius 3 is 2.22 bits per heavy atom. The van der Waals surface area contributed by atoms with Gasteiger partial charge in [-0.3, -0.25) is 4.90 Å². The van der Waals surface area contributed by atoms with E-state index in [1.165, 1.54) is 6.42 Å². The molecular weight excluding hydrogens is 290 g/mol. The molecule has 0 aliphatic carbocycles. The van der Waals surface area contributed by atoms with Crippen LogP contribution in [-0.4, -0.2) is 47.4 Å². The Kier molecular flexibility index (Phi) is 5.58. The number of methoxy groups -OCH3 is 1. The third-order valence-electron chi connectivity index (χ3n) is 4.93. The van der Waals surface area contributed by atoms with Crippen LogP contribution in [0.5, 0.6) is 11.5 Å². The van der Waals surface area contributed by atoms with Gasteiger partial charge in [-0.25, -0.2) is 0 Å². The topological polar surface area (TPSA) is 41.9 Å². The van der Waals surface area contributed by atoms with Gasteiger partial charge >= 0.3 is 0 Å². The summed E-state index contributed by atoms with van der Waals surface area (Å²) >= 11 is 0. The Hall–Kier alpha value is -1.26. The molecule has 0 bridgehead atoms. The van der Waals surface area contributed by atoms with Crippen LogP contribution in [-0.2, 0) is 0 Å². The molecule has 1 fully saturated rings. The first-order valence-electron chi connectivity index (χ1n) is 8.48. The molecule has 4 nitrogen and oxygen atoms in total. The van der Waals surface area contributed by atoms with Crippen molar-refractivity contribution in [2.24, 2.45) is 0 Å². The summed E-state index contributed by atoms with van der Waals surface area (Å²) in [5.74, 6) is 1.37. The first-order valence-corrected chi connectivity index (χ1v) is 8.48. The number of hydrogen-bond acceptors (Lipinski definition) is 4. The molecule has 1 atom stereocenters. The van der Waals surface area contributed by atoms with Gasteiger partial charge in [0.05, 0.1) is 7.11 Å². The van der Waals surface area contributed by atoms with Gasteiger partial charge in [-0.15, -0.1) is 0 Å². The van der Waals surface area contributed by atoms with Crippen LogP contribution < -0.4 is 9.47 Å². The molecule has 2 rings (SSSR count). The predicted octanol–water partition coefficient (Wildman–Crippen LogP) is 3.48. The van der Waals surface area contributed by atoms with Crippen molar-refractivity contribution in [2.45, 2.75) is 64.1 Å². The van der Waals surface area contributed by atoms with Crippen LogP contribution in [0, 0.1) is 0 Å². The molecule has 1 saturated heterocycles. The summed E-state index contributed by atoms with van der Waals surface area (Å²) in [6.45, 7) is 9.95. The number of hydrogen-bond donors (Lipinski definition) is 1. The highest BCUT2D eigenvalue weighted by atomic mass is 16.5. The van der Waals surface area contributed by atoms with Crippen LogP contribution in [0.15, 0.2) is 24.3 Å². The predicted molar refractivity (Wildman–Crippen MR) is 93.2 cm³/mol. The van der Waals surface area contributed by atoms with Crippen molar-refractivity contribution in [3.63, 3.8) is 0 Å². The highest BCUT2D eigenvalue weighted by Gasteiger charge is 2.41. The molecule has 1 aromatic rings. The van der Waals surface area contributed by atoms with Gasteiger partial charge in [-0.05, 0) is 59.1 Å². The summed E-state index contributed by atoms with van der Waals surface area (Å²) in [6, 6.07) is 7.53. The Labute approximate surface area is 140 Å². The van der Waals surface area contributed by atoms with E-state index in [0.29, 0.717) is 18.0 Å². The van der Waals surface area contributed by atoms with E-state index in [9.17, 15) is 5.11 Å². The van der Waals surface area contributed by atoms with Gasteiger partial charge in [0.25, 0.3) is 0 Å². The molecule has 1 N–H and O–H groups in total. The van der Waals surface area contributed by atoms with Crippen molar-refractivity contribution in [3.05, 3.63) is 24.3 Å². The van der Waals surface area contributed by atoms with Gasteiger partial charge in [-0.2, -0.15) is 0 Å². The van der Waals surface area contributed by atoms with Gasteiger partial charge in [0, 0.05) is 17.6 Å². The van der Waals surface area contributed by atoms with E-state index < -0.39 is 6.10 Å². The zero-order chi connectivity index (χ0) is 17.1. The zero-order valence-electron chi connectivity index (χ0n) is 15.1. The number of benzene rings is 1. The fourth-order valence-corrected chi connectivity index (χ4v) is 3.72. The maximum absolute atomic E-state index is 10.5. The first-order chi connectivity index (χ1) is 10.8. The van der Waals surface area contributed by atoms with Gasteiger partial charge in [0.2, 0.25) is 0 Å². The van der Waals surface area contributed by atoms with Crippen molar-refractivity contribution in [2.75, 3.05) is 20.3 Å². The molecule has 130 valence electrons. The molecule has 1 aliphatic rings. The highest BCUT2D eigenvalue weighted by Crippen LogP contribution is 2.38. The molecular formula is C19H31NO3. The molecule has 0 radical (unpaired) electrons. The van der Waals surface area contributed by atoms with Crippen LogP contribution in [0.25, 0.3) is 0 Å². The Morgan fingerprint density at radius 2 is 1.65 bits per heavy atom. The van der Waals surface area contributed by atoms with Crippen molar-refractivity contribution in [3.8, 4) is 11.5 Å². The van der Waals surface area contributed by atoms with Crippen LogP contribution in [0.1, 0.15) is 47.0 Å². The molecule has 0 aromatic heterocycles. The lowest BCUT2D eigenvalue weighted by molar-refractivity contribution is -0.0607. The fourth-order valence-electron chi connectivity index (χ4n) is 3.72. The number of likely N-dealkylation sites (tertiary alicyclic amines) is 1. The Morgan fingerprint density at radius 1 is 1.09 bits per heavy atom. The molecule has 23 heavy (non-hydrogen) atoms. The van der Waals surface area contributed by atoms with Gasteiger partial charge in [-0.1, -0.05) is 12.1 Å². The van der Waals surface area contributed by atoms with Crippen molar-refractivity contribution >= 4 is 0 Å². The van der Waals surface area contributed by atoms with E-state index >= 15 is 0 Å². The molecule has 4 heteroatoms.